The number of hydrogen-bond acceptors (Lipinski definition) is 6. The van der Waals surface area contributed by atoms with Gasteiger partial charge in [0.2, 0.25) is 5.91 Å². The summed E-state index contributed by atoms with van der Waals surface area (Å²) >= 11 is 4.86. The number of amides is 1. The molecule has 6 N–H and O–H groups in total. The largest absolute Gasteiger partial charge is 0.388 e. The molecule has 8 heteroatoms. The molecule has 1 amide bonds. The number of carbonyl (C=O) groups excluding carboxylic acids is 1. The molecule has 16 heavy (non-hydrogen) atoms. The van der Waals surface area contributed by atoms with Gasteiger partial charge in [0.1, 0.15) is 24.2 Å². The van der Waals surface area contributed by atoms with E-state index in [1.807, 2.05) is 0 Å². The summed E-state index contributed by atoms with van der Waals surface area (Å²) in [5.41, 5.74) is 4.52. The van der Waals surface area contributed by atoms with Crippen molar-refractivity contribution in [2.45, 2.75) is 37.6 Å². The number of ether oxygens (including phenoxy) is 1. The highest BCUT2D eigenvalue weighted by Gasteiger charge is 2.40. The first kappa shape index (κ1) is 15.6. The van der Waals surface area contributed by atoms with Gasteiger partial charge in [0.05, 0.1) is 6.10 Å². The molecular formula is C8H16ClNO6. The minimum absolute atomic E-state index is 0.0833. The molecule has 5 atom stereocenters. The van der Waals surface area contributed by atoms with Crippen LogP contribution in [0.15, 0.2) is 0 Å². The molecule has 1 fully saturated rings. The third kappa shape index (κ3) is 4.60. The summed E-state index contributed by atoms with van der Waals surface area (Å²) in [4.78, 5) is 9.46. The number of hydrogen-bond donors (Lipinski definition) is 5. The Morgan fingerprint density at radius 3 is 2.06 bits per heavy atom. The first-order valence-corrected chi connectivity index (χ1v) is 5.06. The van der Waals surface area contributed by atoms with Crippen LogP contribution in [0.2, 0.25) is 0 Å². The minimum atomic E-state index is -1.43. The standard InChI is InChI=1S/C6H12O5.C2H4ClNO/c1-2-3(7)4(8)5(9)6(10)11-2;3-1-2(4)5/h2-10H,1H3;1H2,(H2,4,5)/t2-,3-,4+,5+,6?;/m0./s1. The molecule has 7 nitrogen and oxygen atoms in total. The Labute approximate surface area is 97.4 Å². The van der Waals surface area contributed by atoms with E-state index in [4.69, 9.17) is 32.0 Å². The van der Waals surface area contributed by atoms with Gasteiger partial charge in [-0.05, 0) is 6.92 Å². The van der Waals surface area contributed by atoms with Gasteiger partial charge in [-0.2, -0.15) is 0 Å². The lowest BCUT2D eigenvalue weighted by molar-refractivity contribution is -0.277. The summed E-state index contributed by atoms with van der Waals surface area (Å²) < 4.78 is 4.68. The summed E-state index contributed by atoms with van der Waals surface area (Å²) in [7, 11) is 0. The van der Waals surface area contributed by atoms with E-state index in [2.05, 4.69) is 10.5 Å². The number of primary amides is 1. The van der Waals surface area contributed by atoms with E-state index in [0.717, 1.165) is 0 Å². The first-order chi connectivity index (χ1) is 7.31. The van der Waals surface area contributed by atoms with Gasteiger partial charge in [0, 0.05) is 0 Å². The fourth-order valence-electron chi connectivity index (χ4n) is 1.03. The molecule has 0 aromatic rings. The maximum absolute atomic E-state index is 9.46. The molecule has 96 valence electrons. The Morgan fingerprint density at radius 2 is 1.69 bits per heavy atom. The summed E-state index contributed by atoms with van der Waals surface area (Å²) in [6.07, 6.45) is -5.99. The molecular weight excluding hydrogens is 242 g/mol. The van der Waals surface area contributed by atoms with Crippen LogP contribution < -0.4 is 5.73 Å². The monoisotopic (exact) mass is 257 g/mol. The highest BCUT2D eigenvalue weighted by molar-refractivity contribution is 6.27. The number of aliphatic hydroxyl groups is 4. The third-order valence-electron chi connectivity index (χ3n) is 1.96. The van der Waals surface area contributed by atoms with Crippen molar-refractivity contribution < 1.29 is 30.0 Å². The van der Waals surface area contributed by atoms with E-state index in [1.54, 1.807) is 0 Å². The Morgan fingerprint density at radius 1 is 1.25 bits per heavy atom. The Hall–Kier alpha value is -0.440. The van der Waals surface area contributed by atoms with Crippen LogP contribution in [0, 0.1) is 0 Å². The van der Waals surface area contributed by atoms with Gasteiger partial charge in [-0.15, -0.1) is 11.6 Å². The van der Waals surface area contributed by atoms with Gasteiger partial charge >= 0.3 is 0 Å². The smallest absolute Gasteiger partial charge is 0.232 e. The van der Waals surface area contributed by atoms with E-state index in [0.29, 0.717) is 0 Å². The Balaban J connectivity index is 0.000000385. The van der Waals surface area contributed by atoms with E-state index in [-0.39, 0.29) is 5.88 Å². The van der Waals surface area contributed by atoms with Crippen molar-refractivity contribution in [2.24, 2.45) is 5.73 Å². The fraction of sp³-hybridized carbons (Fsp3) is 0.875. The van der Waals surface area contributed by atoms with Gasteiger partial charge in [0.25, 0.3) is 0 Å². The summed E-state index contributed by atoms with van der Waals surface area (Å²) in [5, 5.41) is 36.0. The van der Waals surface area contributed by atoms with Crippen molar-refractivity contribution in [1.29, 1.82) is 0 Å². The van der Waals surface area contributed by atoms with Gasteiger partial charge in [-0.1, -0.05) is 0 Å². The van der Waals surface area contributed by atoms with Crippen LogP contribution in [0.25, 0.3) is 0 Å². The average molecular weight is 258 g/mol. The van der Waals surface area contributed by atoms with Crippen molar-refractivity contribution >= 4 is 17.5 Å². The zero-order chi connectivity index (χ0) is 12.9. The molecule has 1 aliphatic heterocycles. The molecule has 1 heterocycles. The molecule has 1 aliphatic rings. The molecule has 0 radical (unpaired) electrons. The van der Waals surface area contributed by atoms with Crippen LogP contribution >= 0.6 is 11.6 Å². The van der Waals surface area contributed by atoms with E-state index >= 15 is 0 Å². The van der Waals surface area contributed by atoms with E-state index < -0.39 is 36.6 Å². The van der Waals surface area contributed by atoms with Crippen LogP contribution in [0.1, 0.15) is 6.92 Å². The second-order valence-corrected chi connectivity index (χ2v) is 3.57. The van der Waals surface area contributed by atoms with Crippen LogP contribution in [-0.2, 0) is 9.53 Å². The number of nitrogens with two attached hydrogens (primary N) is 1. The van der Waals surface area contributed by atoms with E-state index in [9.17, 15) is 4.79 Å². The number of halogens is 1. The quantitative estimate of drug-likeness (QED) is 0.330. The summed E-state index contributed by atoms with van der Waals surface area (Å²) in [5.74, 6) is -0.563. The molecule has 0 aromatic heterocycles. The lowest BCUT2D eigenvalue weighted by atomic mass is 10.0. The summed E-state index contributed by atoms with van der Waals surface area (Å²) in [6, 6.07) is 0. The zero-order valence-corrected chi connectivity index (χ0v) is 9.41. The zero-order valence-electron chi connectivity index (χ0n) is 8.65. The van der Waals surface area contributed by atoms with Gasteiger partial charge in [-0.25, -0.2) is 0 Å². The first-order valence-electron chi connectivity index (χ1n) is 4.53. The lowest BCUT2D eigenvalue weighted by Gasteiger charge is -2.36. The van der Waals surface area contributed by atoms with Crippen LogP contribution in [0.5, 0.6) is 0 Å². The minimum Gasteiger partial charge on any atom is -0.388 e. The third-order valence-corrected chi connectivity index (χ3v) is 2.22. The average Bonchev–Trinajstić information content (AvgIpc) is 2.24. The highest BCUT2D eigenvalue weighted by atomic mass is 35.5. The van der Waals surface area contributed by atoms with Crippen LogP contribution in [-0.4, -0.2) is 62.9 Å². The number of rotatable bonds is 1. The Bertz CT molecular complexity index is 215. The fourth-order valence-corrected chi connectivity index (χ4v) is 1.03. The SMILES string of the molecule is C[C@@H]1OC(O)[C@H](O)[C@H](O)[C@H]1O.NC(=O)CCl. The van der Waals surface area contributed by atoms with Crippen molar-refractivity contribution in [2.75, 3.05) is 5.88 Å². The highest BCUT2D eigenvalue weighted by Crippen LogP contribution is 2.18. The molecule has 0 aromatic carbocycles. The molecule has 0 saturated carbocycles. The molecule has 0 spiro atoms. The summed E-state index contributed by atoms with van der Waals surface area (Å²) in [6.45, 7) is 1.50. The molecule has 0 aliphatic carbocycles. The molecule has 1 rings (SSSR count). The second kappa shape index (κ2) is 7.00. The maximum Gasteiger partial charge on any atom is 0.232 e. The topological polar surface area (TPSA) is 133 Å². The lowest BCUT2D eigenvalue weighted by Crippen LogP contribution is -2.56. The van der Waals surface area contributed by atoms with Crippen molar-refractivity contribution in [3.8, 4) is 0 Å². The van der Waals surface area contributed by atoms with Crippen molar-refractivity contribution in [1.82, 2.24) is 0 Å². The normalized spacial score (nSPS) is 38.5. The van der Waals surface area contributed by atoms with Crippen LogP contribution in [0.4, 0.5) is 0 Å². The van der Waals surface area contributed by atoms with Crippen molar-refractivity contribution in [3.63, 3.8) is 0 Å². The molecule has 0 bridgehead atoms. The van der Waals surface area contributed by atoms with Crippen molar-refractivity contribution in [3.05, 3.63) is 0 Å². The molecule has 1 unspecified atom stereocenters. The second-order valence-electron chi connectivity index (χ2n) is 3.30. The van der Waals surface area contributed by atoms with Gasteiger partial charge < -0.3 is 30.9 Å². The predicted molar refractivity (Wildman–Crippen MR) is 54.5 cm³/mol. The molecule has 1 saturated heterocycles. The number of carbonyl (C=O) groups is 1. The van der Waals surface area contributed by atoms with Gasteiger partial charge in [-0.3, -0.25) is 4.79 Å². The number of aliphatic hydroxyl groups excluding tert-OH is 4. The Kier molecular flexibility index (Phi) is 6.81. The number of alkyl halides is 1. The maximum atomic E-state index is 9.46. The van der Waals surface area contributed by atoms with E-state index in [1.165, 1.54) is 6.92 Å². The van der Waals surface area contributed by atoms with Gasteiger partial charge in [0.15, 0.2) is 6.29 Å². The van der Waals surface area contributed by atoms with Crippen LogP contribution in [0.3, 0.4) is 0 Å². The predicted octanol–water partition coefficient (Wildman–Crippen LogP) is -2.48.